The van der Waals surface area contributed by atoms with Gasteiger partial charge in [-0.05, 0) is 19.5 Å². The summed E-state index contributed by atoms with van der Waals surface area (Å²) in [5, 5.41) is 2.97. The Morgan fingerprint density at radius 2 is 1.95 bits per heavy atom. The van der Waals surface area contributed by atoms with Crippen LogP contribution in [0.2, 0.25) is 0 Å². The number of ether oxygens (including phenoxy) is 2. The molecule has 1 atom stereocenters. The SMILES string of the molecule is CCNC(CC(=O)OCC)c1ccccc1OC(F)(F)F. The van der Waals surface area contributed by atoms with Crippen LogP contribution in [0.3, 0.4) is 0 Å². The summed E-state index contributed by atoms with van der Waals surface area (Å²) in [4.78, 5) is 11.6. The molecule has 0 saturated heterocycles. The van der Waals surface area contributed by atoms with Crippen LogP contribution in [0, 0.1) is 0 Å². The molecule has 1 rings (SSSR count). The Kier molecular flexibility index (Phi) is 6.48. The van der Waals surface area contributed by atoms with Gasteiger partial charge in [-0.2, -0.15) is 0 Å². The van der Waals surface area contributed by atoms with Crippen LogP contribution in [-0.4, -0.2) is 25.5 Å². The first-order valence-electron chi connectivity index (χ1n) is 6.61. The van der Waals surface area contributed by atoms with Crippen molar-refractivity contribution in [3.63, 3.8) is 0 Å². The minimum atomic E-state index is -4.78. The van der Waals surface area contributed by atoms with Gasteiger partial charge >= 0.3 is 12.3 Å². The molecule has 0 heterocycles. The molecule has 118 valence electrons. The quantitative estimate of drug-likeness (QED) is 0.786. The van der Waals surface area contributed by atoms with E-state index in [4.69, 9.17) is 4.74 Å². The van der Waals surface area contributed by atoms with E-state index in [1.165, 1.54) is 18.2 Å². The second-order valence-corrected chi connectivity index (χ2v) is 4.21. The molecule has 7 heteroatoms. The maximum atomic E-state index is 12.4. The van der Waals surface area contributed by atoms with Crippen LogP contribution >= 0.6 is 0 Å². The minimum absolute atomic E-state index is 0.0695. The number of hydrogen-bond acceptors (Lipinski definition) is 4. The van der Waals surface area contributed by atoms with Gasteiger partial charge in [-0.3, -0.25) is 4.79 Å². The van der Waals surface area contributed by atoms with Crippen molar-refractivity contribution < 1.29 is 27.4 Å². The summed E-state index contributed by atoms with van der Waals surface area (Å²) in [6.45, 7) is 4.18. The average molecular weight is 305 g/mol. The number of alkyl halides is 3. The molecule has 4 nitrogen and oxygen atoms in total. The topological polar surface area (TPSA) is 47.6 Å². The lowest BCUT2D eigenvalue weighted by Gasteiger charge is -2.21. The van der Waals surface area contributed by atoms with E-state index in [1.54, 1.807) is 19.9 Å². The fraction of sp³-hybridized carbons (Fsp3) is 0.500. The molecule has 0 spiro atoms. The Bertz CT molecular complexity index is 463. The second-order valence-electron chi connectivity index (χ2n) is 4.21. The van der Waals surface area contributed by atoms with E-state index in [0.29, 0.717) is 6.54 Å². The summed E-state index contributed by atoms with van der Waals surface area (Å²) >= 11 is 0. The van der Waals surface area contributed by atoms with Gasteiger partial charge in [-0.1, -0.05) is 25.1 Å². The van der Waals surface area contributed by atoms with Crippen molar-refractivity contribution in [2.45, 2.75) is 32.7 Å². The number of carbonyl (C=O) groups excluding carboxylic acids is 1. The van der Waals surface area contributed by atoms with E-state index < -0.39 is 18.4 Å². The first kappa shape index (κ1) is 17.3. The summed E-state index contributed by atoms with van der Waals surface area (Å²) in [6, 6.07) is 5.14. The molecule has 1 aromatic carbocycles. The standard InChI is InChI=1S/C14H18F3NO3/c1-3-18-11(9-13(19)20-4-2)10-7-5-6-8-12(10)21-14(15,16)17/h5-8,11,18H,3-4,9H2,1-2H3. The highest BCUT2D eigenvalue weighted by molar-refractivity contribution is 5.70. The van der Waals surface area contributed by atoms with Crippen LogP contribution < -0.4 is 10.1 Å². The molecule has 0 aliphatic carbocycles. The predicted molar refractivity (Wildman–Crippen MR) is 70.8 cm³/mol. The molecule has 0 amide bonds. The van der Waals surface area contributed by atoms with Crippen molar-refractivity contribution >= 4 is 5.97 Å². The average Bonchev–Trinajstić information content (AvgIpc) is 2.37. The number of para-hydroxylation sites is 1. The van der Waals surface area contributed by atoms with Gasteiger partial charge in [-0.25, -0.2) is 0 Å². The lowest BCUT2D eigenvalue weighted by atomic mass is 10.0. The maximum absolute atomic E-state index is 12.4. The largest absolute Gasteiger partial charge is 0.573 e. The normalized spacial score (nSPS) is 12.8. The summed E-state index contributed by atoms with van der Waals surface area (Å²) < 4.78 is 46.1. The molecule has 0 fully saturated rings. The van der Waals surface area contributed by atoms with Gasteiger partial charge in [0.05, 0.1) is 13.0 Å². The summed E-state index contributed by atoms with van der Waals surface area (Å²) in [5.74, 6) is -0.800. The molecule has 0 bridgehead atoms. The monoisotopic (exact) mass is 305 g/mol. The van der Waals surface area contributed by atoms with Gasteiger partial charge in [0.25, 0.3) is 0 Å². The van der Waals surface area contributed by atoms with E-state index in [9.17, 15) is 18.0 Å². The van der Waals surface area contributed by atoms with Crippen LogP contribution in [0.15, 0.2) is 24.3 Å². The molecule has 21 heavy (non-hydrogen) atoms. The van der Waals surface area contributed by atoms with Gasteiger partial charge < -0.3 is 14.8 Å². The van der Waals surface area contributed by atoms with Gasteiger partial charge in [0.1, 0.15) is 5.75 Å². The van der Waals surface area contributed by atoms with Gasteiger partial charge in [0.15, 0.2) is 0 Å². The predicted octanol–water partition coefficient (Wildman–Crippen LogP) is 3.19. The molecule has 1 unspecified atom stereocenters. The van der Waals surface area contributed by atoms with E-state index in [0.717, 1.165) is 0 Å². The minimum Gasteiger partial charge on any atom is -0.466 e. The van der Waals surface area contributed by atoms with Crippen LogP contribution in [0.1, 0.15) is 31.9 Å². The van der Waals surface area contributed by atoms with Crippen LogP contribution in [-0.2, 0) is 9.53 Å². The lowest BCUT2D eigenvalue weighted by Crippen LogP contribution is -2.26. The van der Waals surface area contributed by atoms with Crippen molar-refractivity contribution in [3.8, 4) is 5.75 Å². The second kappa shape index (κ2) is 7.87. The van der Waals surface area contributed by atoms with Crippen LogP contribution in [0.5, 0.6) is 5.75 Å². The number of benzene rings is 1. The summed E-state index contributed by atoms with van der Waals surface area (Å²) in [7, 11) is 0. The van der Waals surface area contributed by atoms with Gasteiger partial charge in [0.2, 0.25) is 0 Å². The van der Waals surface area contributed by atoms with Crippen molar-refractivity contribution in [2.24, 2.45) is 0 Å². The highest BCUT2D eigenvalue weighted by atomic mass is 19.4. The molecule has 0 aliphatic heterocycles. The third-order valence-corrected chi connectivity index (χ3v) is 2.65. The first-order valence-corrected chi connectivity index (χ1v) is 6.61. The fourth-order valence-corrected chi connectivity index (χ4v) is 1.91. The summed E-state index contributed by atoms with van der Waals surface area (Å²) in [5.41, 5.74) is 0.268. The zero-order valence-electron chi connectivity index (χ0n) is 11.9. The zero-order valence-corrected chi connectivity index (χ0v) is 11.9. The Balaban J connectivity index is 2.99. The van der Waals surface area contributed by atoms with Crippen molar-refractivity contribution in [2.75, 3.05) is 13.2 Å². The number of nitrogens with one attached hydrogen (secondary N) is 1. The molecule has 1 aromatic rings. The molecule has 0 aliphatic rings. The Morgan fingerprint density at radius 1 is 1.29 bits per heavy atom. The third-order valence-electron chi connectivity index (χ3n) is 2.65. The molecule has 0 radical (unpaired) electrons. The van der Waals surface area contributed by atoms with Crippen LogP contribution in [0.25, 0.3) is 0 Å². The fourth-order valence-electron chi connectivity index (χ4n) is 1.91. The molecule has 0 saturated carbocycles. The lowest BCUT2D eigenvalue weighted by molar-refractivity contribution is -0.275. The zero-order chi connectivity index (χ0) is 15.9. The number of rotatable bonds is 7. The van der Waals surface area contributed by atoms with Crippen LogP contribution in [0.4, 0.5) is 13.2 Å². The maximum Gasteiger partial charge on any atom is 0.573 e. The smallest absolute Gasteiger partial charge is 0.466 e. The van der Waals surface area contributed by atoms with E-state index in [2.05, 4.69) is 10.1 Å². The number of esters is 1. The van der Waals surface area contributed by atoms with Gasteiger partial charge in [-0.15, -0.1) is 13.2 Å². The molecular formula is C14H18F3NO3. The highest BCUT2D eigenvalue weighted by Gasteiger charge is 2.33. The van der Waals surface area contributed by atoms with E-state index >= 15 is 0 Å². The van der Waals surface area contributed by atoms with E-state index in [1.807, 2.05) is 0 Å². The molecule has 0 aromatic heterocycles. The molecule has 1 N–H and O–H groups in total. The van der Waals surface area contributed by atoms with Crippen molar-refractivity contribution in [3.05, 3.63) is 29.8 Å². The van der Waals surface area contributed by atoms with Crippen molar-refractivity contribution in [1.29, 1.82) is 0 Å². The number of hydrogen-bond donors (Lipinski definition) is 1. The Hall–Kier alpha value is -1.76. The molecular weight excluding hydrogens is 287 g/mol. The van der Waals surface area contributed by atoms with E-state index in [-0.39, 0.29) is 24.3 Å². The highest BCUT2D eigenvalue weighted by Crippen LogP contribution is 2.31. The first-order chi connectivity index (χ1) is 9.87. The Labute approximate surface area is 121 Å². The number of carbonyl (C=O) groups is 1. The Morgan fingerprint density at radius 3 is 2.52 bits per heavy atom. The van der Waals surface area contributed by atoms with Gasteiger partial charge in [0, 0.05) is 11.6 Å². The van der Waals surface area contributed by atoms with Crippen molar-refractivity contribution in [1.82, 2.24) is 5.32 Å². The number of halogens is 3. The summed E-state index contributed by atoms with van der Waals surface area (Å²) in [6.07, 6.45) is -4.85. The third kappa shape index (κ3) is 6.03.